The van der Waals surface area contributed by atoms with Crippen LogP contribution in [0, 0.1) is 11.3 Å². The summed E-state index contributed by atoms with van der Waals surface area (Å²) in [6, 6.07) is 24.1. The van der Waals surface area contributed by atoms with E-state index in [2.05, 4.69) is 63.4 Å². The van der Waals surface area contributed by atoms with Crippen molar-refractivity contribution in [1.29, 1.82) is 5.26 Å². The maximum atomic E-state index is 13.3. The molecule has 0 spiro atoms. The van der Waals surface area contributed by atoms with Gasteiger partial charge in [0.1, 0.15) is 12.1 Å². The van der Waals surface area contributed by atoms with E-state index in [0.717, 1.165) is 59.3 Å². The molecule has 0 bridgehead atoms. The number of carbonyl (C=O) groups excluding carboxylic acids is 1. The lowest BCUT2D eigenvalue weighted by molar-refractivity contribution is 0.0730. The van der Waals surface area contributed by atoms with E-state index >= 15 is 0 Å². The first-order valence-corrected chi connectivity index (χ1v) is 12.6. The monoisotopic (exact) mass is 473 g/mol. The second-order valence-electron chi connectivity index (χ2n) is 9.68. The fraction of sp³-hybridized carbons (Fsp3) is 0.267. The fourth-order valence-corrected chi connectivity index (χ4v) is 5.06. The van der Waals surface area contributed by atoms with E-state index in [1.807, 2.05) is 4.90 Å². The Labute approximate surface area is 210 Å². The van der Waals surface area contributed by atoms with Gasteiger partial charge in [0.05, 0.1) is 17.1 Å². The van der Waals surface area contributed by atoms with Crippen LogP contribution < -0.4 is 4.90 Å². The normalized spacial score (nSPS) is 15.1. The van der Waals surface area contributed by atoms with Gasteiger partial charge in [0, 0.05) is 36.6 Å². The molecule has 4 aromatic rings. The summed E-state index contributed by atoms with van der Waals surface area (Å²) in [6.07, 6.45) is 6.13. The van der Waals surface area contributed by atoms with Crippen LogP contribution in [0.1, 0.15) is 47.2 Å². The molecule has 2 heterocycles. The van der Waals surface area contributed by atoms with Crippen LogP contribution in [-0.4, -0.2) is 39.9 Å². The second kappa shape index (κ2) is 9.43. The summed E-state index contributed by atoms with van der Waals surface area (Å²) in [5, 5.41) is 10.1. The van der Waals surface area contributed by atoms with Crippen molar-refractivity contribution in [3.05, 3.63) is 89.7 Å². The van der Waals surface area contributed by atoms with Gasteiger partial charge in [0.15, 0.2) is 0 Å². The number of carbonyl (C=O) groups is 1. The van der Waals surface area contributed by atoms with Gasteiger partial charge >= 0.3 is 0 Å². The zero-order valence-corrected chi connectivity index (χ0v) is 20.1. The minimum absolute atomic E-state index is 0.0190. The van der Waals surface area contributed by atoms with Gasteiger partial charge in [-0.3, -0.25) is 4.79 Å². The standard InChI is InChI=1S/C30H27N5O/c31-18-21-6-8-23(9-7-21)30(36)35(26-11-12-26)19-22-4-3-5-24(16-22)25-10-13-28-27(17-25)29(33-20-32-28)34-14-1-2-15-34/h3-10,13,16-17,20,26H,1-2,11-12,14-15,19H2. The Morgan fingerprint density at radius 1 is 0.972 bits per heavy atom. The van der Waals surface area contributed by atoms with Crippen molar-refractivity contribution < 1.29 is 4.79 Å². The SMILES string of the molecule is N#Cc1ccc(C(=O)N(Cc2cccc(-c3ccc4ncnc(N5CCCC5)c4c3)c2)C2CC2)cc1. The number of amides is 1. The Hall–Kier alpha value is -4.24. The van der Waals surface area contributed by atoms with Crippen molar-refractivity contribution in [2.75, 3.05) is 18.0 Å². The molecule has 1 aromatic heterocycles. The number of fused-ring (bicyclic) bond motifs is 1. The van der Waals surface area contributed by atoms with E-state index in [4.69, 9.17) is 5.26 Å². The first kappa shape index (κ1) is 22.2. The Kier molecular flexibility index (Phi) is 5.82. The van der Waals surface area contributed by atoms with Crippen LogP contribution in [0.5, 0.6) is 0 Å². The van der Waals surface area contributed by atoms with Crippen molar-refractivity contribution >= 4 is 22.6 Å². The molecule has 3 aromatic carbocycles. The highest BCUT2D eigenvalue weighted by Crippen LogP contribution is 2.33. The summed E-state index contributed by atoms with van der Waals surface area (Å²) < 4.78 is 0. The van der Waals surface area contributed by atoms with E-state index in [1.165, 1.54) is 12.8 Å². The Balaban J connectivity index is 1.29. The van der Waals surface area contributed by atoms with Gasteiger partial charge in [-0.15, -0.1) is 0 Å². The van der Waals surface area contributed by atoms with Crippen LogP contribution in [0.15, 0.2) is 73.1 Å². The largest absolute Gasteiger partial charge is 0.356 e. The van der Waals surface area contributed by atoms with Gasteiger partial charge < -0.3 is 9.80 Å². The van der Waals surface area contributed by atoms with Crippen LogP contribution >= 0.6 is 0 Å². The minimum atomic E-state index is 0.0190. The quantitative estimate of drug-likeness (QED) is 0.366. The molecule has 1 saturated heterocycles. The number of benzene rings is 3. The number of nitrogens with zero attached hydrogens (tertiary/aromatic N) is 5. The molecule has 2 fully saturated rings. The maximum absolute atomic E-state index is 13.3. The van der Waals surface area contributed by atoms with Gasteiger partial charge in [0.25, 0.3) is 5.91 Å². The van der Waals surface area contributed by atoms with E-state index in [0.29, 0.717) is 17.7 Å². The Bertz CT molecular complexity index is 1460. The molecule has 0 atom stereocenters. The lowest BCUT2D eigenvalue weighted by atomic mass is 10.0. The van der Waals surface area contributed by atoms with Crippen LogP contribution in [0.25, 0.3) is 22.0 Å². The highest BCUT2D eigenvalue weighted by Gasteiger charge is 2.33. The molecule has 178 valence electrons. The summed E-state index contributed by atoms with van der Waals surface area (Å²) >= 11 is 0. The lowest BCUT2D eigenvalue weighted by Crippen LogP contribution is -2.32. The van der Waals surface area contributed by atoms with Crippen LogP contribution in [0.2, 0.25) is 0 Å². The fourth-order valence-electron chi connectivity index (χ4n) is 5.06. The number of rotatable bonds is 6. The summed E-state index contributed by atoms with van der Waals surface area (Å²) in [7, 11) is 0. The third-order valence-corrected chi connectivity index (χ3v) is 7.14. The minimum Gasteiger partial charge on any atom is -0.356 e. The number of nitriles is 1. The Morgan fingerprint density at radius 3 is 2.50 bits per heavy atom. The third-order valence-electron chi connectivity index (χ3n) is 7.14. The average Bonchev–Trinajstić information content (AvgIpc) is 3.63. The molecule has 1 aliphatic carbocycles. The second-order valence-corrected chi connectivity index (χ2v) is 9.68. The van der Waals surface area contributed by atoms with Crippen LogP contribution in [0.4, 0.5) is 5.82 Å². The first-order valence-electron chi connectivity index (χ1n) is 12.6. The summed E-state index contributed by atoms with van der Waals surface area (Å²) in [6.45, 7) is 2.64. The van der Waals surface area contributed by atoms with Gasteiger partial charge in [-0.25, -0.2) is 9.97 Å². The van der Waals surface area contributed by atoms with Crippen molar-refractivity contribution in [3.8, 4) is 17.2 Å². The average molecular weight is 474 g/mol. The third kappa shape index (κ3) is 4.40. The predicted octanol–water partition coefficient (Wildman–Crippen LogP) is 5.57. The van der Waals surface area contributed by atoms with E-state index in [9.17, 15) is 4.79 Å². The number of anilines is 1. The zero-order valence-electron chi connectivity index (χ0n) is 20.1. The first-order chi connectivity index (χ1) is 17.7. The number of hydrogen-bond acceptors (Lipinski definition) is 5. The number of aromatic nitrogens is 2. The van der Waals surface area contributed by atoms with Gasteiger partial charge in [-0.2, -0.15) is 5.26 Å². The number of hydrogen-bond donors (Lipinski definition) is 0. The summed E-state index contributed by atoms with van der Waals surface area (Å²) in [5.41, 5.74) is 5.49. The molecule has 0 unspecified atom stereocenters. The van der Waals surface area contributed by atoms with E-state index in [-0.39, 0.29) is 11.9 Å². The molecule has 1 aliphatic heterocycles. The molecule has 2 aliphatic rings. The lowest BCUT2D eigenvalue weighted by Gasteiger charge is -2.23. The van der Waals surface area contributed by atoms with Crippen molar-refractivity contribution in [2.24, 2.45) is 0 Å². The highest BCUT2D eigenvalue weighted by molar-refractivity contribution is 5.95. The van der Waals surface area contributed by atoms with Crippen LogP contribution in [-0.2, 0) is 6.54 Å². The van der Waals surface area contributed by atoms with Gasteiger partial charge in [0.2, 0.25) is 0 Å². The molecule has 0 N–H and O–H groups in total. The Morgan fingerprint density at radius 2 is 1.75 bits per heavy atom. The molecule has 6 heteroatoms. The van der Waals surface area contributed by atoms with Gasteiger partial charge in [-0.05, 0) is 84.8 Å². The van der Waals surface area contributed by atoms with Crippen LogP contribution in [0.3, 0.4) is 0 Å². The molecule has 6 rings (SSSR count). The van der Waals surface area contributed by atoms with Gasteiger partial charge in [-0.1, -0.05) is 24.3 Å². The van der Waals surface area contributed by atoms with Crippen molar-refractivity contribution in [1.82, 2.24) is 14.9 Å². The van der Waals surface area contributed by atoms with E-state index < -0.39 is 0 Å². The van der Waals surface area contributed by atoms with E-state index in [1.54, 1.807) is 30.6 Å². The predicted molar refractivity (Wildman–Crippen MR) is 140 cm³/mol. The van der Waals surface area contributed by atoms with Crippen molar-refractivity contribution in [2.45, 2.75) is 38.3 Å². The molecule has 1 saturated carbocycles. The summed E-state index contributed by atoms with van der Waals surface area (Å²) in [4.78, 5) is 26.8. The van der Waals surface area contributed by atoms with Crippen molar-refractivity contribution in [3.63, 3.8) is 0 Å². The topological polar surface area (TPSA) is 73.1 Å². The molecular formula is C30H27N5O. The molecule has 0 radical (unpaired) electrons. The maximum Gasteiger partial charge on any atom is 0.254 e. The summed E-state index contributed by atoms with van der Waals surface area (Å²) in [5.74, 6) is 1.04. The molecule has 36 heavy (non-hydrogen) atoms. The smallest absolute Gasteiger partial charge is 0.254 e. The molecule has 1 amide bonds. The molecule has 6 nitrogen and oxygen atoms in total. The highest BCUT2D eigenvalue weighted by atomic mass is 16.2. The zero-order chi connectivity index (χ0) is 24.5. The molecular weight excluding hydrogens is 446 g/mol.